The average Bonchev–Trinajstić information content (AvgIpc) is 2.73. The Labute approximate surface area is 181 Å². The van der Waals surface area contributed by atoms with E-state index in [1.165, 1.54) is 0 Å². The molecule has 0 aliphatic heterocycles. The summed E-state index contributed by atoms with van der Waals surface area (Å²) in [6.07, 6.45) is 4.07. The number of ether oxygens (including phenoxy) is 2. The maximum absolute atomic E-state index is 12.5. The van der Waals surface area contributed by atoms with E-state index in [0.29, 0.717) is 19.0 Å². The van der Waals surface area contributed by atoms with Gasteiger partial charge in [-0.2, -0.15) is 0 Å². The van der Waals surface area contributed by atoms with E-state index in [-0.39, 0.29) is 10.6 Å². The van der Waals surface area contributed by atoms with Crippen LogP contribution in [0.2, 0.25) is 0 Å². The van der Waals surface area contributed by atoms with Crippen molar-refractivity contribution in [3.05, 3.63) is 48.0 Å². The van der Waals surface area contributed by atoms with Crippen LogP contribution in [0.25, 0.3) is 0 Å². The minimum atomic E-state index is -4.01. The van der Waals surface area contributed by atoms with Gasteiger partial charge in [-0.1, -0.05) is 44.9 Å². The largest absolute Gasteiger partial charge is 0.454 e. The first-order chi connectivity index (χ1) is 14.4. The molecule has 30 heavy (non-hydrogen) atoms. The second-order valence-corrected chi connectivity index (χ2v) is 8.76. The Hall–Kier alpha value is -2.09. The van der Waals surface area contributed by atoms with Crippen LogP contribution in [0.1, 0.15) is 52.0 Å². The fraction of sp³-hybridized carbons (Fsp3) is 0.478. The van der Waals surface area contributed by atoms with Crippen molar-refractivity contribution in [1.29, 1.82) is 0 Å². The number of anilines is 1. The molecular weight excluding hydrogens is 400 g/mol. The molecule has 0 aliphatic rings. The number of rotatable bonds is 13. The van der Waals surface area contributed by atoms with E-state index in [0.717, 1.165) is 50.0 Å². The SMILES string of the molecule is CCCCN(CCCC)c1cc(COCC)cc(S(N)(=O)=O)c1Oc1ccccc1. The number of primary sulfonamides is 1. The molecule has 0 saturated heterocycles. The molecule has 0 amide bonds. The van der Waals surface area contributed by atoms with Gasteiger partial charge in [-0.05, 0) is 49.6 Å². The summed E-state index contributed by atoms with van der Waals surface area (Å²) in [5.41, 5.74) is 1.50. The van der Waals surface area contributed by atoms with Gasteiger partial charge in [0, 0.05) is 19.7 Å². The highest BCUT2D eigenvalue weighted by Crippen LogP contribution is 2.39. The van der Waals surface area contributed by atoms with E-state index in [1.807, 2.05) is 31.2 Å². The first-order valence-corrected chi connectivity index (χ1v) is 12.2. The summed E-state index contributed by atoms with van der Waals surface area (Å²) in [7, 11) is -4.01. The number of para-hydroxylation sites is 1. The lowest BCUT2D eigenvalue weighted by atomic mass is 10.1. The van der Waals surface area contributed by atoms with Gasteiger partial charge < -0.3 is 14.4 Å². The normalized spacial score (nSPS) is 11.5. The monoisotopic (exact) mass is 434 g/mol. The Morgan fingerprint density at radius 3 is 2.13 bits per heavy atom. The van der Waals surface area contributed by atoms with E-state index in [1.54, 1.807) is 18.2 Å². The lowest BCUT2D eigenvalue weighted by molar-refractivity contribution is 0.134. The summed E-state index contributed by atoms with van der Waals surface area (Å²) in [6.45, 7) is 8.66. The molecule has 2 rings (SSSR count). The van der Waals surface area contributed by atoms with Crippen LogP contribution in [0.5, 0.6) is 11.5 Å². The highest BCUT2D eigenvalue weighted by Gasteiger charge is 2.24. The Bertz CT molecular complexity index is 878. The molecule has 0 radical (unpaired) electrons. The molecule has 0 saturated carbocycles. The summed E-state index contributed by atoms with van der Waals surface area (Å²) in [5, 5.41) is 5.61. The molecule has 0 fully saturated rings. The molecular formula is C23H34N2O4S. The lowest BCUT2D eigenvalue weighted by Crippen LogP contribution is -2.27. The summed E-state index contributed by atoms with van der Waals surface area (Å²) in [6, 6.07) is 12.7. The van der Waals surface area contributed by atoms with Gasteiger partial charge >= 0.3 is 0 Å². The summed E-state index contributed by atoms with van der Waals surface area (Å²) in [5.74, 6) is 0.836. The highest BCUT2D eigenvalue weighted by atomic mass is 32.2. The predicted octanol–water partition coefficient (Wildman–Crippen LogP) is 5.07. The third-order valence-electron chi connectivity index (χ3n) is 4.74. The van der Waals surface area contributed by atoms with Gasteiger partial charge in [-0.25, -0.2) is 13.6 Å². The van der Waals surface area contributed by atoms with Crippen LogP contribution in [0.4, 0.5) is 5.69 Å². The van der Waals surface area contributed by atoms with Crippen molar-refractivity contribution < 1.29 is 17.9 Å². The Balaban J connectivity index is 2.65. The van der Waals surface area contributed by atoms with Crippen LogP contribution < -0.4 is 14.8 Å². The van der Waals surface area contributed by atoms with Crippen LogP contribution in [-0.4, -0.2) is 28.1 Å². The average molecular weight is 435 g/mol. The third-order valence-corrected chi connectivity index (χ3v) is 5.66. The molecule has 0 unspecified atom stereocenters. The Morgan fingerprint density at radius 1 is 0.967 bits per heavy atom. The van der Waals surface area contributed by atoms with Crippen molar-refractivity contribution in [3.63, 3.8) is 0 Å². The Kier molecular flexibility index (Phi) is 9.62. The van der Waals surface area contributed by atoms with Crippen molar-refractivity contribution in [2.75, 3.05) is 24.6 Å². The van der Waals surface area contributed by atoms with Gasteiger partial charge in [0.15, 0.2) is 5.75 Å². The standard InChI is InChI=1S/C23H34N2O4S/c1-4-7-14-25(15-8-5-2)21-16-19(18-28-6-3)17-22(30(24,26)27)23(21)29-20-12-10-9-11-13-20/h9-13,16-17H,4-8,14-15,18H2,1-3H3,(H2,24,26,27). The van der Waals surface area contributed by atoms with E-state index >= 15 is 0 Å². The third kappa shape index (κ3) is 7.00. The summed E-state index contributed by atoms with van der Waals surface area (Å²) < 4.78 is 36.7. The molecule has 0 aromatic heterocycles. The quantitative estimate of drug-likeness (QED) is 0.476. The topological polar surface area (TPSA) is 81.9 Å². The molecule has 7 heteroatoms. The van der Waals surface area contributed by atoms with Gasteiger partial charge in [0.2, 0.25) is 10.0 Å². The number of benzene rings is 2. The van der Waals surface area contributed by atoms with Gasteiger partial charge in [0.1, 0.15) is 10.6 Å². The van der Waals surface area contributed by atoms with Crippen LogP contribution in [0, 0.1) is 0 Å². The molecule has 0 aliphatic carbocycles. The fourth-order valence-electron chi connectivity index (χ4n) is 3.15. The first kappa shape index (κ1) is 24.2. The van der Waals surface area contributed by atoms with Crippen LogP contribution >= 0.6 is 0 Å². The number of hydrogen-bond donors (Lipinski definition) is 1. The second kappa shape index (κ2) is 11.9. The molecule has 2 aromatic carbocycles. The zero-order valence-electron chi connectivity index (χ0n) is 18.3. The maximum atomic E-state index is 12.5. The molecule has 166 valence electrons. The minimum absolute atomic E-state index is 0.0171. The van der Waals surface area contributed by atoms with Crippen LogP contribution in [0.15, 0.2) is 47.4 Å². The summed E-state index contributed by atoms with van der Waals surface area (Å²) in [4.78, 5) is 2.19. The number of unbranched alkanes of at least 4 members (excludes halogenated alkanes) is 2. The van der Waals surface area contributed by atoms with Gasteiger partial charge in [0.25, 0.3) is 0 Å². The van der Waals surface area contributed by atoms with Crippen molar-refractivity contribution in [2.24, 2.45) is 5.14 Å². The van der Waals surface area contributed by atoms with E-state index < -0.39 is 10.0 Å². The number of nitrogens with zero attached hydrogens (tertiary/aromatic N) is 1. The minimum Gasteiger partial charge on any atom is -0.454 e. The summed E-state index contributed by atoms with van der Waals surface area (Å²) >= 11 is 0. The molecule has 6 nitrogen and oxygen atoms in total. The number of hydrogen-bond acceptors (Lipinski definition) is 5. The van der Waals surface area contributed by atoms with Crippen LogP contribution in [-0.2, 0) is 21.4 Å². The first-order valence-electron chi connectivity index (χ1n) is 10.7. The fourth-order valence-corrected chi connectivity index (χ4v) is 3.87. The van der Waals surface area contributed by atoms with Crippen molar-refractivity contribution >= 4 is 15.7 Å². The number of sulfonamides is 1. The van der Waals surface area contributed by atoms with Crippen molar-refractivity contribution in [2.45, 2.75) is 58.0 Å². The molecule has 0 atom stereocenters. The highest BCUT2D eigenvalue weighted by molar-refractivity contribution is 7.89. The smallest absolute Gasteiger partial charge is 0.241 e. The van der Waals surface area contributed by atoms with Gasteiger partial charge in [-0.3, -0.25) is 0 Å². The van der Waals surface area contributed by atoms with E-state index in [2.05, 4.69) is 18.7 Å². The van der Waals surface area contributed by atoms with E-state index in [4.69, 9.17) is 14.6 Å². The second-order valence-electron chi connectivity index (χ2n) is 7.23. The molecule has 2 aromatic rings. The number of nitrogens with two attached hydrogens (primary N) is 1. The van der Waals surface area contributed by atoms with Crippen molar-refractivity contribution in [3.8, 4) is 11.5 Å². The van der Waals surface area contributed by atoms with Gasteiger partial charge in [-0.15, -0.1) is 0 Å². The van der Waals surface area contributed by atoms with E-state index in [9.17, 15) is 8.42 Å². The lowest BCUT2D eigenvalue weighted by Gasteiger charge is -2.28. The zero-order valence-corrected chi connectivity index (χ0v) is 19.1. The Morgan fingerprint density at radius 2 is 1.60 bits per heavy atom. The predicted molar refractivity (Wildman–Crippen MR) is 122 cm³/mol. The molecule has 2 N–H and O–H groups in total. The molecule has 0 spiro atoms. The van der Waals surface area contributed by atoms with Crippen molar-refractivity contribution in [1.82, 2.24) is 0 Å². The van der Waals surface area contributed by atoms with Crippen LogP contribution in [0.3, 0.4) is 0 Å². The maximum Gasteiger partial charge on any atom is 0.241 e. The molecule has 0 bridgehead atoms. The molecule has 0 heterocycles. The van der Waals surface area contributed by atoms with Gasteiger partial charge in [0.05, 0.1) is 12.3 Å². The zero-order chi connectivity index (χ0) is 22.0.